The van der Waals surface area contributed by atoms with Crippen molar-refractivity contribution in [2.24, 2.45) is 0 Å². The summed E-state index contributed by atoms with van der Waals surface area (Å²) >= 11 is 0. The van der Waals surface area contributed by atoms with Crippen LogP contribution < -0.4 is 10.3 Å². The van der Waals surface area contributed by atoms with E-state index in [1.54, 1.807) is 12.4 Å². The van der Waals surface area contributed by atoms with E-state index in [-0.39, 0.29) is 11.8 Å². The summed E-state index contributed by atoms with van der Waals surface area (Å²) in [5, 5.41) is 15.1. The van der Waals surface area contributed by atoms with Crippen LogP contribution in [0, 0.1) is 0 Å². The maximum atomic E-state index is 10.8. The molecule has 0 amide bonds. The highest BCUT2D eigenvalue weighted by atomic mass is 16.3. The number of aromatic amines is 1. The highest BCUT2D eigenvalue weighted by Crippen LogP contribution is 2.34. The molecule has 122 valence electrons. The lowest BCUT2D eigenvalue weighted by Gasteiger charge is -2.18. The summed E-state index contributed by atoms with van der Waals surface area (Å²) in [7, 11) is 0. The summed E-state index contributed by atoms with van der Waals surface area (Å²) in [5.41, 5.74) is 2.24. The van der Waals surface area contributed by atoms with Gasteiger partial charge in [-0.05, 0) is 18.2 Å². The fraction of sp³-hybridized carbons (Fsp3) is 0.0500. The van der Waals surface area contributed by atoms with Crippen LogP contribution in [0.25, 0.3) is 10.9 Å². The fourth-order valence-corrected chi connectivity index (χ4v) is 2.88. The minimum Gasteiger partial charge on any atom is -0.505 e. The summed E-state index contributed by atoms with van der Waals surface area (Å²) in [6.07, 6.45) is 5.27. The van der Waals surface area contributed by atoms with Gasteiger partial charge in [0.1, 0.15) is 23.1 Å². The first-order chi connectivity index (χ1) is 12.3. The Balaban J connectivity index is 1.85. The molecule has 0 saturated heterocycles. The second-order valence-electron chi connectivity index (χ2n) is 5.69. The van der Waals surface area contributed by atoms with Crippen molar-refractivity contribution in [3.63, 3.8) is 0 Å². The van der Waals surface area contributed by atoms with Gasteiger partial charge in [-0.1, -0.05) is 30.3 Å². The number of nitrogens with one attached hydrogen (secondary N) is 2. The molecular formula is C20H17N4O+. The molecule has 0 spiro atoms. The number of hydrogen-bond acceptors (Lipinski definition) is 4. The maximum Gasteiger partial charge on any atom is 0.206 e. The Hall–Kier alpha value is -3.47. The first kappa shape index (κ1) is 15.1. The lowest BCUT2D eigenvalue weighted by atomic mass is 9.99. The number of benzene rings is 1. The Morgan fingerprint density at radius 2 is 1.76 bits per heavy atom. The second-order valence-corrected chi connectivity index (χ2v) is 5.69. The van der Waals surface area contributed by atoms with Crippen molar-refractivity contribution in [3.05, 3.63) is 90.5 Å². The van der Waals surface area contributed by atoms with Crippen molar-refractivity contribution in [1.82, 2.24) is 9.97 Å². The molecule has 5 heteroatoms. The van der Waals surface area contributed by atoms with Gasteiger partial charge in [0.2, 0.25) is 5.69 Å². The van der Waals surface area contributed by atoms with Crippen molar-refractivity contribution in [1.29, 1.82) is 0 Å². The van der Waals surface area contributed by atoms with Crippen LogP contribution in [-0.4, -0.2) is 15.1 Å². The molecule has 1 unspecified atom stereocenters. The second kappa shape index (κ2) is 6.57. The molecule has 0 fully saturated rings. The smallest absolute Gasteiger partial charge is 0.206 e. The Bertz CT molecular complexity index is 990. The van der Waals surface area contributed by atoms with E-state index >= 15 is 0 Å². The van der Waals surface area contributed by atoms with Gasteiger partial charge in [-0.2, -0.15) is 0 Å². The summed E-state index contributed by atoms with van der Waals surface area (Å²) in [4.78, 5) is 11.9. The molecular weight excluding hydrogens is 312 g/mol. The largest absolute Gasteiger partial charge is 0.505 e. The molecule has 5 nitrogen and oxygen atoms in total. The van der Waals surface area contributed by atoms with Crippen LogP contribution in [-0.2, 0) is 0 Å². The van der Waals surface area contributed by atoms with Gasteiger partial charge in [0, 0.05) is 35.5 Å². The molecule has 3 heterocycles. The van der Waals surface area contributed by atoms with Gasteiger partial charge in [-0.25, -0.2) is 9.97 Å². The Morgan fingerprint density at radius 3 is 2.56 bits per heavy atom. The Labute approximate surface area is 145 Å². The number of fused-ring (bicyclic) bond motifs is 1. The minimum absolute atomic E-state index is 0.170. The fourth-order valence-electron chi connectivity index (χ4n) is 2.88. The number of phenolic OH excluding ortho intramolecular Hbond substituents is 1. The van der Waals surface area contributed by atoms with Crippen LogP contribution in [0.1, 0.15) is 17.3 Å². The third-order valence-corrected chi connectivity index (χ3v) is 4.09. The Kier molecular flexibility index (Phi) is 3.96. The number of H-pyrrole nitrogens is 1. The van der Waals surface area contributed by atoms with Gasteiger partial charge in [0.25, 0.3) is 0 Å². The van der Waals surface area contributed by atoms with Gasteiger partial charge in [0.15, 0.2) is 6.20 Å². The van der Waals surface area contributed by atoms with Gasteiger partial charge < -0.3 is 10.4 Å². The third-order valence-electron chi connectivity index (χ3n) is 4.09. The monoisotopic (exact) mass is 329 g/mol. The predicted octanol–water partition coefficient (Wildman–Crippen LogP) is 3.35. The van der Waals surface area contributed by atoms with E-state index in [1.165, 1.54) is 0 Å². The normalized spacial score (nSPS) is 12.0. The lowest BCUT2D eigenvalue weighted by Crippen LogP contribution is -2.22. The molecule has 1 aromatic carbocycles. The van der Waals surface area contributed by atoms with E-state index < -0.39 is 0 Å². The highest BCUT2D eigenvalue weighted by molar-refractivity contribution is 5.85. The van der Waals surface area contributed by atoms with Crippen LogP contribution in [0.5, 0.6) is 5.75 Å². The van der Waals surface area contributed by atoms with Crippen molar-refractivity contribution in [3.8, 4) is 5.75 Å². The predicted molar refractivity (Wildman–Crippen MR) is 96.1 cm³/mol. The summed E-state index contributed by atoms with van der Waals surface area (Å²) in [5.74, 6) is 0.897. The Morgan fingerprint density at radius 1 is 0.880 bits per heavy atom. The molecule has 0 aliphatic carbocycles. The van der Waals surface area contributed by atoms with E-state index in [0.29, 0.717) is 5.52 Å². The topological polar surface area (TPSA) is 72.2 Å². The van der Waals surface area contributed by atoms with Crippen LogP contribution in [0.15, 0.2) is 79.3 Å². The molecule has 0 saturated carbocycles. The first-order valence-electron chi connectivity index (χ1n) is 8.04. The molecule has 4 rings (SSSR count). The average Bonchev–Trinajstić information content (AvgIpc) is 2.69. The molecule has 3 aromatic heterocycles. The van der Waals surface area contributed by atoms with E-state index in [4.69, 9.17) is 0 Å². The number of aromatic nitrogens is 3. The number of rotatable bonds is 4. The molecule has 25 heavy (non-hydrogen) atoms. The molecule has 0 aliphatic heterocycles. The number of hydrogen-bond donors (Lipinski definition) is 2. The lowest BCUT2D eigenvalue weighted by molar-refractivity contribution is -0.391. The van der Waals surface area contributed by atoms with Crippen LogP contribution in [0.3, 0.4) is 0 Å². The van der Waals surface area contributed by atoms with E-state index in [1.807, 2.05) is 66.9 Å². The highest BCUT2D eigenvalue weighted by Gasteiger charge is 2.24. The van der Waals surface area contributed by atoms with Crippen LogP contribution in [0.4, 0.5) is 5.82 Å². The van der Waals surface area contributed by atoms with Crippen LogP contribution >= 0.6 is 0 Å². The SMILES string of the molecule is Oc1c(C(Nc2ccccn2)c2cccc[nH+]2)ccc2cccnc12. The quantitative estimate of drug-likeness (QED) is 0.602. The van der Waals surface area contributed by atoms with Gasteiger partial charge in [-0.3, -0.25) is 4.98 Å². The standard InChI is InChI=1S/C20H16N4O/c25-20-15(10-9-14-6-5-13-23-18(14)20)19(16-7-1-3-11-21-16)24-17-8-2-4-12-22-17/h1-13,19,25H,(H,22,24)/p+1. The van der Waals surface area contributed by atoms with E-state index in [9.17, 15) is 5.11 Å². The molecule has 0 radical (unpaired) electrons. The van der Waals surface area contributed by atoms with E-state index in [0.717, 1.165) is 22.5 Å². The number of pyridine rings is 3. The van der Waals surface area contributed by atoms with Crippen molar-refractivity contribution >= 4 is 16.7 Å². The number of phenols is 1. The van der Waals surface area contributed by atoms with Crippen molar-refractivity contribution < 1.29 is 10.1 Å². The molecule has 0 aliphatic rings. The van der Waals surface area contributed by atoms with Gasteiger partial charge in [-0.15, -0.1) is 0 Å². The van der Waals surface area contributed by atoms with Crippen LogP contribution in [0.2, 0.25) is 0 Å². The zero-order chi connectivity index (χ0) is 17.1. The average molecular weight is 329 g/mol. The summed E-state index contributed by atoms with van der Waals surface area (Å²) < 4.78 is 0. The third kappa shape index (κ3) is 2.99. The summed E-state index contributed by atoms with van der Waals surface area (Å²) in [6, 6.07) is 18.9. The maximum absolute atomic E-state index is 10.8. The first-order valence-corrected chi connectivity index (χ1v) is 8.04. The number of aromatic hydroxyl groups is 1. The van der Waals surface area contributed by atoms with Crippen molar-refractivity contribution in [2.75, 3.05) is 5.32 Å². The number of anilines is 1. The summed E-state index contributed by atoms with van der Waals surface area (Å²) in [6.45, 7) is 0. The molecule has 4 aromatic rings. The number of nitrogens with zero attached hydrogens (tertiary/aromatic N) is 2. The molecule has 0 bridgehead atoms. The van der Waals surface area contributed by atoms with E-state index in [2.05, 4.69) is 20.3 Å². The van der Waals surface area contributed by atoms with Crippen molar-refractivity contribution in [2.45, 2.75) is 6.04 Å². The molecule has 3 N–H and O–H groups in total. The molecule has 1 atom stereocenters. The zero-order valence-electron chi connectivity index (χ0n) is 13.4. The van der Waals surface area contributed by atoms with Gasteiger partial charge in [0.05, 0.1) is 0 Å². The van der Waals surface area contributed by atoms with Gasteiger partial charge >= 0.3 is 0 Å². The minimum atomic E-state index is -0.289. The zero-order valence-corrected chi connectivity index (χ0v) is 13.4.